The molecule has 0 radical (unpaired) electrons. The number of rotatable bonds is 7. The molecule has 0 bridgehead atoms. The maximum absolute atomic E-state index is 5.75. The normalized spacial score (nSPS) is 14.2. The number of nitrogens with zero attached hydrogens (tertiary/aromatic N) is 1. The van der Waals surface area contributed by atoms with Crippen molar-refractivity contribution in [3.8, 4) is 11.5 Å². The van der Waals surface area contributed by atoms with Crippen LogP contribution in [0.2, 0.25) is 0 Å². The molecule has 1 aliphatic heterocycles. The highest BCUT2D eigenvalue weighted by atomic mass is 31.0. The first-order chi connectivity index (χ1) is 11.3. The van der Waals surface area contributed by atoms with Crippen molar-refractivity contribution in [1.29, 1.82) is 0 Å². The maximum Gasteiger partial charge on any atom is 0.231 e. The summed E-state index contributed by atoms with van der Waals surface area (Å²) in [5, 5.41) is 0. The van der Waals surface area contributed by atoms with Gasteiger partial charge >= 0.3 is 0 Å². The van der Waals surface area contributed by atoms with E-state index in [-0.39, 0.29) is 0 Å². The van der Waals surface area contributed by atoms with E-state index in [2.05, 4.69) is 50.5 Å². The minimum absolute atomic E-state index is 0.311. The number of nitrogens with two attached hydrogens (primary N) is 1. The monoisotopic (exact) mass is 330 g/mol. The minimum Gasteiger partial charge on any atom is -0.454 e. The Morgan fingerprint density at radius 1 is 1.00 bits per heavy atom. The molecule has 5 heteroatoms. The maximum atomic E-state index is 5.75. The highest BCUT2D eigenvalue weighted by molar-refractivity contribution is 7.17. The second kappa shape index (κ2) is 7.78. The number of benzene rings is 2. The van der Waals surface area contributed by atoms with Gasteiger partial charge in [-0.3, -0.25) is 4.90 Å². The van der Waals surface area contributed by atoms with Gasteiger partial charge in [-0.05, 0) is 36.2 Å². The highest BCUT2D eigenvalue weighted by Gasteiger charge is 2.17. The van der Waals surface area contributed by atoms with Crippen molar-refractivity contribution in [3.05, 3.63) is 59.7 Å². The van der Waals surface area contributed by atoms with Gasteiger partial charge in [0.25, 0.3) is 0 Å². The molecule has 4 nitrogen and oxygen atoms in total. The predicted molar refractivity (Wildman–Crippen MR) is 95.4 cm³/mol. The molecule has 1 aliphatic rings. The van der Waals surface area contributed by atoms with E-state index in [9.17, 15) is 0 Å². The molecule has 122 valence electrons. The molecule has 0 saturated carbocycles. The van der Waals surface area contributed by atoms with Crippen LogP contribution in [-0.4, -0.2) is 24.0 Å². The van der Waals surface area contributed by atoms with Gasteiger partial charge in [0.15, 0.2) is 11.5 Å². The second-order valence-electron chi connectivity index (χ2n) is 5.72. The Morgan fingerprint density at radius 3 is 2.52 bits per heavy atom. The van der Waals surface area contributed by atoms with E-state index in [0.29, 0.717) is 19.1 Å². The van der Waals surface area contributed by atoms with E-state index in [1.54, 1.807) is 0 Å². The summed E-state index contributed by atoms with van der Waals surface area (Å²) in [5.41, 5.74) is 8.27. The van der Waals surface area contributed by atoms with Gasteiger partial charge in [-0.25, -0.2) is 0 Å². The van der Waals surface area contributed by atoms with E-state index >= 15 is 0 Å². The van der Waals surface area contributed by atoms with Crippen LogP contribution < -0.4 is 15.2 Å². The number of ether oxygens (including phenoxy) is 2. The fourth-order valence-electron chi connectivity index (χ4n) is 2.74. The summed E-state index contributed by atoms with van der Waals surface area (Å²) in [6, 6.07) is 16.7. The van der Waals surface area contributed by atoms with Crippen LogP contribution in [0.3, 0.4) is 0 Å². The average Bonchev–Trinajstić information content (AvgIpc) is 3.03. The average molecular weight is 330 g/mol. The summed E-state index contributed by atoms with van der Waals surface area (Å²) >= 11 is 0. The molecular weight excluding hydrogens is 307 g/mol. The Hall–Kier alpha value is -1.61. The summed E-state index contributed by atoms with van der Waals surface area (Å²) in [5.74, 6) is 2.00. The van der Waals surface area contributed by atoms with Crippen LogP contribution in [0.25, 0.3) is 0 Å². The summed E-state index contributed by atoms with van der Waals surface area (Å²) in [4.78, 5) is 2.42. The molecule has 2 N–H and O–H groups in total. The minimum atomic E-state index is 0.311. The topological polar surface area (TPSA) is 47.7 Å². The summed E-state index contributed by atoms with van der Waals surface area (Å²) in [6.07, 6.45) is 0.946. The lowest BCUT2D eigenvalue weighted by Crippen LogP contribution is -2.31. The van der Waals surface area contributed by atoms with E-state index in [1.807, 2.05) is 12.1 Å². The Labute approximate surface area is 139 Å². The van der Waals surface area contributed by atoms with Crippen molar-refractivity contribution in [2.75, 3.05) is 13.3 Å². The molecule has 2 atom stereocenters. The fraction of sp³-hybridized carbons (Fsp3) is 0.333. The molecule has 0 spiro atoms. The zero-order valence-electron chi connectivity index (χ0n) is 13.2. The lowest BCUT2D eigenvalue weighted by Gasteiger charge is -2.29. The predicted octanol–water partition coefficient (Wildman–Crippen LogP) is 2.97. The lowest BCUT2D eigenvalue weighted by atomic mass is 10.1. The number of fused-ring (bicyclic) bond motifs is 1. The van der Waals surface area contributed by atoms with E-state index < -0.39 is 0 Å². The van der Waals surface area contributed by atoms with Gasteiger partial charge in [-0.2, -0.15) is 0 Å². The van der Waals surface area contributed by atoms with Crippen molar-refractivity contribution < 1.29 is 9.47 Å². The number of hydrogen-bond acceptors (Lipinski definition) is 4. The van der Waals surface area contributed by atoms with Crippen molar-refractivity contribution in [3.63, 3.8) is 0 Å². The Morgan fingerprint density at radius 2 is 1.74 bits per heavy atom. The molecule has 3 rings (SSSR count). The van der Waals surface area contributed by atoms with Crippen LogP contribution in [0, 0.1) is 0 Å². The van der Waals surface area contributed by atoms with Gasteiger partial charge in [0, 0.05) is 18.9 Å². The van der Waals surface area contributed by atoms with Crippen LogP contribution in [-0.2, 0) is 13.1 Å². The van der Waals surface area contributed by atoms with Gasteiger partial charge in [-0.15, -0.1) is 9.24 Å². The Bertz CT molecular complexity index is 636. The molecule has 0 aromatic heterocycles. The van der Waals surface area contributed by atoms with Crippen LogP contribution in [0.5, 0.6) is 11.5 Å². The largest absolute Gasteiger partial charge is 0.454 e. The molecule has 23 heavy (non-hydrogen) atoms. The zero-order valence-corrected chi connectivity index (χ0v) is 14.3. The van der Waals surface area contributed by atoms with Gasteiger partial charge < -0.3 is 15.2 Å². The molecule has 1 heterocycles. The molecule has 2 aromatic rings. The van der Waals surface area contributed by atoms with Crippen LogP contribution >= 0.6 is 9.24 Å². The Balaban J connectivity index is 1.75. The van der Waals surface area contributed by atoms with Crippen molar-refractivity contribution in [1.82, 2.24) is 4.90 Å². The van der Waals surface area contributed by atoms with Gasteiger partial charge in [0.2, 0.25) is 6.79 Å². The van der Waals surface area contributed by atoms with Crippen molar-refractivity contribution >= 4 is 9.24 Å². The highest BCUT2D eigenvalue weighted by Crippen LogP contribution is 2.33. The first-order valence-corrected chi connectivity index (χ1v) is 8.55. The summed E-state index contributed by atoms with van der Waals surface area (Å²) in [6.45, 7) is 2.73. The molecule has 2 aromatic carbocycles. The summed E-state index contributed by atoms with van der Waals surface area (Å²) in [7, 11) is 2.92. The van der Waals surface area contributed by atoms with E-state index in [4.69, 9.17) is 15.2 Å². The molecule has 0 saturated heterocycles. The SMILES string of the molecule is NCCC(P)N(Cc1ccccc1)Cc1ccc2c(c1)OCO2. The molecule has 0 fully saturated rings. The zero-order chi connectivity index (χ0) is 16.1. The standard InChI is InChI=1S/C18H23N2O2P/c19-9-8-18(23)20(11-14-4-2-1-3-5-14)12-15-6-7-16-17(10-15)22-13-21-16/h1-7,10,18H,8-9,11-13,19,23H2. The van der Waals surface area contributed by atoms with Crippen molar-refractivity contribution in [2.45, 2.75) is 25.3 Å². The number of hydrogen-bond donors (Lipinski definition) is 1. The smallest absolute Gasteiger partial charge is 0.231 e. The second-order valence-corrected chi connectivity index (χ2v) is 6.49. The first kappa shape index (κ1) is 16.3. The quantitative estimate of drug-likeness (QED) is 0.793. The molecule has 0 amide bonds. The van der Waals surface area contributed by atoms with Crippen molar-refractivity contribution in [2.24, 2.45) is 5.73 Å². The van der Waals surface area contributed by atoms with Crippen LogP contribution in [0.4, 0.5) is 0 Å². The molecule has 2 unspecified atom stereocenters. The van der Waals surface area contributed by atoms with Gasteiger partial charge in [0.1, 0.15) is 0 Å². The lowest BCUT2D eigenvalue weighted by molar-refractivity contribution is 0.174. The third-order valence-electron chi connectivity index (χ3n) is 3.98. The van der Waals surface area contributed by atoms with E-state index in [1.165, 1.54) is 11.1 Å². The molecular formula is C18H23N2O2P. The fourth-order valence-corrected chi connectivity index (χ4v) is 3.14. The van der Waals surface area contributed by atoms with Crippen LogP contribution in [0.1, 0.15) is 17.5 Å². The van der Waals surface area contributed by atoms with E-state index in [0.717, 1.165) is 31.0 Å². The van der Waals surface area contributed by atoms with Crippen LogP contribution in [0.15, 0.2) is 48.5 Å². The third kappa shape index (κ3) is 4.23. The Kier molecular flexibility index (Phi) is 5.50. The molecule has 0 aliphatic carbocycles. The third-order valence-corrected chi connectivity index (χ3v) is 4.74. The van der Waals surface area contributed by atoms with Gasteiger partial charge in [0.05, 0.1) is 0 Å². The first-order valence-electron chi connectivity index (χ1n) is 7.88. The van der Waals surface area contributed by atoms with Gasteiger partial charge in [-0.1, -0.05) is 36.4 Å². The summed E-state index contributed by atoms with van der Waals surface area (Å²) < 4.78 is 10.9.